The molecule has 0 aliphatic rings. The van der Waals surface area contributed by atoms with Crippen LogP contribution >= 0.6 is 0 Å². The maximum atomic E-state index is 10.3. The van der Waals surface area contributed by atoms with Crippen molar-refractivity contribution >= 4 is 35.8 Å². The molecule has 0 spiro atoms. The van der Waals surface area contributed by atoms with Crippen molar-refractivity contribution < 1.29 is 129 Å². The van der Waals surface area contributed by atoms with Crippen LogP contribution in [0.15, 0.2) is 36.4 Å². The number of carboxylic acid groups (broad SMARTS) is 6. The Morgan fingerprint density at radius 1 is 0.318 bits per heavy atom. The van der Waals surface area contributed by atoms with E-state index in [1.807, 2.05) is 0 Å². The molecule has 0 unspecified atom stereocenters. The number of carbonyl (C=O) groups is 6. The Morgan fingerprint density at radius 2 is 0.409 bits per heavy atom. The van der Waals surface area contributed by atoms with Crippen LogP contribution in [0.25, 0.3) is 0 Å². The van der Waals surface area contributed by atoms with E-state index in [9.17, 15) is 59.4 Å². The molecule has 3 rings (SSSR count). The molecule has 0 bridgehead atoms. The number of benzene rings is 3. The number of carboxylic acids is 6. The molecule has 0 aliphatic heterocycles. The smallest absolute Gasteiger partial charge is 0.545 e. The molecule has 232 valence electrons. The van der Waals surface area contributed by atoms with Crippen LogP contribution in [-0.4, -0.2) is 66.5 Å². The van der Waals surface area contributed by atoms with Gasteiger partial charge in [0, 0.05) is 33.4 Å². The molecule has 3 aromatic rings. The van der Waals surface area contributed by atoms with Crippen LogP contribution in [0.3, 0.4) is 0 Å². The molecule has 3 aromatic carbocycles. The van der Waals surface area contributed by atoms with E-state index < -0.39 is 104 Å². The number of hydrogen-bond donors (Lipinski definition) is 6. The van der Waals surface area contributed by atoms with Gasteiger partial charge in [0.25, 0.3) is 0 Å². The minimum Gasteiger partial charge on any atom is -0.545 e. The molecule has 0 aliphatic carbocycles. The van der Waals surface area contributed by atoms with Crippen molar-refractivity contribution in [2.75, 3.05) is 0 Å². The molecular formula is C24H12O18Ru2. The fourth-order valence-electron chi connectivity index (χ4n) is 2.71. The van der Waals surface area contributed by atoms with Gasteiger partial charge in [0.15, 0.2) is 0 Å². The average molecular weight is 790 g/mol. The Bertz CT molecular complexity index is 1310. The molecule has 0 atom stereocenters. The fraction of sp³-hybridized carbons (Fsp3) is 0. The van der Waals surface area contributed by atoms with Gasteiger partial charge in [0.05, 0.1) is 35.8 Å². The van der Waals surface area contributed by atoms with E-state index in [4.69, 9.17) is 30.6 Å². The van der Waals surface area contributed by atoms with Crippen LogP contribution in [-0.2, 0) is 39.0 Å². The predicted molar refractivity (Wildman–Crippen MR) is 115 cm³/mol. The Labute approximate surface area is 268 Å². The monoisotopic (exact) mass is 792 g/mol. The first-order valence-corrected chi connectivity index (χ1v) is 10.3. The van der Waals surface area contributed by atoms with Gasteiger partial charge in [-0.3, -0.25) is 0 Å². The maximum absolute atomic E-state index is 10.3. The molecule has 0 fully saturated rings. The van der Waals surface area contributed by atoms with Gasteiger partial charge in [0.2, 0.25) is 0 Å². The van der Waals surface area contributed by atoms with Gasteiger partial charge >= 0.3 is 39.0 Å². The second-order valence-corrected chi connectivity index (χ2v) is 7.38. The number of rotatable bonds is 6. The van der Waals surface area contributed by atoms with Crippen LogP contribution in [0.1, 0.15) is 62.1 Å². The van der Waals surface area contributed by atoms with E-state index in [1.54, 1.807) is 0 Å². The normalized spacial score (nSPS) is 9.27. The SMILES string of the molecule is O=C([O-])c1cc(O)c(C(=O)[O-])cc1O.O=C([O-])c1cc(O)c(C(=O)[O-])cc1O.O=C([O-])c1cc(O)c(C(=O)[O-])cc1O.[Ru+3].[Ru+3]. The minimum absolute atomic E-state index is 0. The number of aromatic carboxylic acids is 6. The van der Waals surface area contributed by atoms with Crippen molar-refractivity contribution in [3.05, 3.63) is 69.8 Å². The largest absolute Gasteiger partial charge is 3.00 e. The van der Waals surface area contributed by atoms with Crippen molar-refractivity contribution in [2.45, 2.75) is 0 Å². The molecule has 18 nitrogen and oxygen atoms in total. The van der Waals surface area contributed by atoms with Gasteiger partial charge in [-0.05, 0) is 36.4 Å². The topological polar surface area (TPSA) is 362 Å². The first-order valence-electron chi connectivity index (χ1n) is 10.3. The Kier molecular flexibility index (Phi) is 15.6. The van der Waals surface area contributed by atoms with Crippen molar-refractivity contribution in [2.24, 2.45) is 0 Å². The number of hydrogen-bond acceptors (Lipinski definition) is 18. The maximum Gasteiger partial charge on any atom is 3.00 e. The standard InChI is InChI=1S/3C8H6O6.2Ru/c3*9-5-1-3(7(11)12)6(10)2-4(5)8(13)14;;/h3*1-2,9-10H,(H,11,12)(H,13,14);;/q;;;2*+3/p-6. The second kappa shape index (κ2) is 16.8. The molecule has 6 N–H and O–H groups in total. The van der Waals surface area contributed by atoms with Gasteiger partial charge < -0.3 is 90.0 Å². The quantitative estimate of drug-likeness (QED) is 0.0998. The first kappa shape index (κ1) is 40.7. The summed E-state index contributed by atoms with van der Waals surface area (Å²) in [6.45, 7) is 0. The third-order valence-electron chi connectivity index (χ3n) is 4.66. The van der Waals surface area contributed by atoms with Crippen LogP contribution in [0.2, 0.25) is 0 Å². The molecule has 0 amide bonds. The van der Waals surface area contributed by atoms with E-state index in [0.29, 0.717) is 36.4 Å². The number of carbonyl (C=O) groups excluding carboxylic acids is 6. The third kappa shape index (κ3) is 10.4. The van der Waals surface area contributed by atoms with Crippen molar-refractivity contribution in [1.29, 1.82) is 0 Å². The Balaban J connectivity index is 0. The third-order valence-corrected chi connectivity index (χ3v) is 4.66. The fourth-order valence-corrected chi connectivity index (χ4v) is 2.71. The molecular weight excluding hydrogens is 778 g/mol. The summed E-state index contributed by atoms with van der Waals surface area (Å²) in [6.07, 6.45) is 0. The summed E-state index contributed by atoms with van der Waals surface area (Å²) in [5, 5.41) is 116. The Morgan fingerprint density at radius 3 is 0.477 bits per heavy atom. The summed E-state index contributed by atoms with van der Waals surface area (Å²) in [4.78, 5) is 61.9. The minimum atomic E-state index is -1.72. The van der Waals surface area contributed by atoms with E-state index in [1.165, 1.54) is 0 Å². The first-order chi connectivity index (χ1) is 19.3. The van der Waals surface area contributed by atoms with E-state index in [-0.39, 0.29) is 39.0 Å². The van der Waals surface area contributed by atoms with Crippen LogP contribution in [0.4, 0.5) is 0 Å². The molecule has 2 radical (unpaired) electrons. The van der Waals surface area contributed by atoms with Crippen LogP contribution in [0, 0.1) is 0 Å². The van der Waals surface area contributed by atoms with Crippen LogP contribution in [0.5, 0.6) is 34.5 Å². The van der Waals surface area contributed by atoms with E-state index in [2.05, 4.69) is 0 Å². The summed E-state index contributed by atoms with van der Waals surface area (Å²) in [7, 11) is 0. The van der Waals surface area contributed by atoms with Crippen molar-refractivity contribution in [3.8, 4) is 34.5 Å². The second-order valence-electron chi connectivity index (χ2n) is 7.38. The summed E-state index contributed by atoms with van der Waals surface area (Å²) >= 11 is 0. The van der Waals surface area contributed by atoms with Gasteiger partial charge in [-0.2, -0.15) is 0 Å². The summed E-state index contributed by atoms with van der Waals surface area (Å²) < 4.78 is 0. The Hall–Kier alpha value is -5.47. The zero-order chi connectivity index (χ0) is 32.6. The zero-order valence-corrected chi connectivity index (χ0v) is 24.2. The zero-order valence-electron chi connectivity index (χ0n) is 20.8. The number of aromatic hydroxyl groups is 6. The predicted octanol–water partition coefficient (Wildman–Crippen LogP) is -6.53. The molecule has 0 aromatic heterocycles. The number of phenols is 6. The molecule has 0 saturated carbocycles. The van der Waals surface area contributed by atoms with E-state index >= 15 is 0 Å². The van der Waals surface area contributed by atoms with Gasteiger partial charge in [-0.15, -0.1) is 0 Å². The van der Waals surface area contributed by atoms with Crippen molar-refractivity contribution in [1.82, 2.24) is 0 Å². The molecule has 20 heteroatoms. The van der Waals surface area contributed by atoms with Crippen LogP contribution < -0.4 is 30.6 Å². The molecule has 0 heterocycles. The van der Waals surface area contributed by atoms with Gasteiger partial charge in [-0.1, -0.05) is 0 Å². The van der Waals surface area contributed by atoms with Gasteiger partial charge in [-0.25, -0.2) is 0 Å². The molecule has 0 saturated heterocycles. The van der Waals surface area contributed by atoms with Crippen molar-refractivity contribution in [3.63, 3.8) is 0 Å². The summed E-state index contributed by atoms with van der Waals surface area (Å²) in [5.74, 6) is -15.1. The summed E-state index contributed by atoms with van der Waals surface area (Å²) in [5.41, 5.74) is -4.12. The average Bonchev–Trinajstić information content (AvgIpc) is 2.87. The van der Waals surface area contributed by atoms with Gasteiger partial charge in [0.1, 0.15) is 34.5 Å². The molecule has 44 heavy (non-hydrogen) atoms. The summed E-state index contributed by atoms with van der Waals surface area (Å²) in [6, 6.07) is 3.47. The van der Waals surface area contributed by atoms with E-state index in [0.717, 1.165) is 0 Å².